The van der Waals surface area contributed by atoms with Crippen molar-refractivity contribution in [2.24, 2.45) is 5.73 Å². The Morgan fingerprint density at radius 1 is 1.25 bits per heavy atom. The fourth-order valence-corrected chi connectivity index (χ4v) is 1.87. The molecule has 1 aromatic carbocycles. The summed E-state index contributed by atoms with van der Waals surface area (Å²) in [5.74, 6) is -0.455. The monoisotopic (exact) mass is 216 g/mol. The lowest BCUT2D eigenvalue weighted by atomic mass is 10.00. The molecule has 0 spiro atoms. The Morgan fingerprint density at radius 3 is 2.56 bits per heavy atom. The number of nitrogen functional groups attached to an aromatic ring is 1. The van der Waals surface area contributed by atoms with Crippen LogP contribution in [0.25, 0.3) is 5.57 Å². The second kappa shape index (κ2) is 3.81. The molecule has 4 heteroatoms. The third-order valence-corrected chi connectivity index (χ3v) is 2.69. The Morgan fingerprint density at radius 2 is 2.00 bits per heavy atom. The number of nitrogens with two attached hydrogens (primary N) is 2. The summed E-state index contributed by atoms with van der Waals surface area (Å²) in [7, 11) is 0. The van der Waals surface area contributed by atoms with Gasteiger partial charge in [-0.1, -0.05) is 12.1 Å². The SMILES string of the molecule is NC(=O)c1cccc(C2=CC(=O)CC2)c1N. The standard InChI is InChI=1S/C12H12N2O2/c13-11-9(7-4-5-8(15)6-7)2-1-3-10(11)12(14)16/h1-3,6H,4-5,13H2,(H2,14,16). The molecule has 0 aromatic heterocycles. The van der Waals surface area contributed by atoms with Gasteiger partial charge in [-0.3, -0.25) is 9.59 Å². The number of amides is 1. The average Bonchev–Trinajstić information content (AvgIpc) is 2.64. The summed E-state index contributed by atoms with van der Waals surface area (Å²) >= 11 is 0. The molecule has 0 atom stereocenters. The van der Waals surface area contributed by atoms with E-state index in [-0.39, 0.29) is 5.78 Å². The van der Waals surface area contributed by atoms with E-state index in [2.05, 4.69) is 0 Å². The summed E-state index contributed by atoms with van der Waals surface area (Å²) < 4.78 is 0. The topological polar surface area (TPSA) is 86.2 Å². The fraction of sp³-hybridized carbons (Fsp3) is 0.167. The highest BCUT2D eigenvalue weighted by atomic mass is 16.1. The number of benzene rings is 1. The molecule has 0 heterocycles. The number of allylic oxidation sites excluding steroid dienone is 2. The molecule has 0 aliphatic heterocycles. The van der Waals surface area contributed by atoms with E-state index in [9.17, 15) is 9.59 Å². The minimum atomic E-state index is -0.552. The van der Waals surface area contributed by atoms with Crippen LogP contribution in [0.3, 0.4) is 0 Å². The lowest BCUT2D eigenvalue weighted by Crippen LogP contribution is -2.14. The molecule has 1 aromatic rings. The van der Waals surface area contributed by atoms with Gasteiger partial charge < -0.3 is 11.5 Å². The molecule has 4 nitrogen and oxygen atoms in total. The van der Waals surface area contributed by atoms with Gasteiger partial charge in [-0.15, -0.1) is 0 Å². The number of carbonyl (C=O) groups excluding carboxylic acids is 2. The molecule has 0 bridgehead atoms. The maximum atomic E-state index is 11.1. The molecule has 2 rings (SSSR count). The zero-order valence-corrected chi connectivity index (χ0v) is 8.69. The van der Waals surface area contributed by atoms with Gasteiger partial charge in [-0.05, 0) is 24.1 Å². The molecule has 0 saturated heterocycles. The highest BCUT2D eigenvalue weighted by molar-refractivity contribution is 6.05. The van der Waals surface area contributed by atoms with E-state index in [0.717, 1.165) is 11.1 Å². The van der Waals surface area contributed by atoms with Gasteiger partial charge in [0.15, 0.2) is 5.78 Å². The average molecular weight is 216 g/mol. The predicted octanol–water partition coefficient (Wildman–Crippen LogP) is 1.11. The molecular formula is C12H12N2O2. The van der Waals surface area contributed by atoms with Crippen LogP contribution < -0.4 is 11.5 Å². The lowest BCUT2D eigenvalue weighted by Gasteiger charge is -2.09. The number of primary amides is 1. The van der Waals surface area contributed by atoms with Crippen LogP contribution >= 0.6 is 0 Å². The molecule has 1 aliphatic rings. The molecular weight excluding hydrogens is 204 g/mol. The van der Waals surface area contributed by atoms with Crippen LogP contribution in [0.2, 0.25) is 0 Å². The van der Waals surface area contributed by atoms with Gasteiger partial charge in [0.1, 0.15) is 0 Å². The summed E-state index contributed by atoms with van der Waals surface area (Å²) in [6.45, 7) is 0. The first-order valence-corrected chi connectivity index (χ1v) is 5.01. The van der Waals surface area contributed by atoms with Crippen molar-refractivity contribution in [3.05, 3.63) is 35.4 Å². The van der Waals surface area contributed by atoms with Crippen molar-refractivity contribution in [2.75, 3.05) is 5.73 Å². The van der Waals surface area contributed by atoms with Crippen LogP contribution in [0, 0.1) is 0 Å². The summed E-state index contributed by atoms with van der Waals surface area (Å²) in [4.78, 5) is 22.3. The molecule has 0 saturated carbocycles. The molecule has 4 N–H and O–H groups in total. The summed E-state index contributed by atoms with van der Waals surface area (Å²) in [6.07, 6.45) is 2.76. The Hall–Kier alpha value is -2.10. The number of para-hydroxylation sites is 1. The van der Waals surface area contributed by atoms with Crippen LogP contribution in [-0.4, -0.2) is 11.7 Å². The number of hydrogen-bond acceptors (Lipinski definition) is 3. The van der Waals surface area contributed by atoms with Crippen molar-refractivity contribution in [2.45, 2.75) is 12.8 Å². The van der Waals surface area contributed by atoms with Crippen LogP contribution in [0.1, 0.15) is 28.8 Å². The first-order valence-electron chi connectivity index (χ1n) is 5.01. The first-order chi connectivity index (χ1) is 7.59. The molecule has 0 radical (unpaired) electrons. The second-order valence-electron chi connectivity index (χ2n) is 3.77. The van der Waals surface area contributed by atoms with E-state index in [4.69, 9.17) is 11.5 Å². The van der Waals surface area contributed by atoms with Crippen molar-refractivity contribution >= 4 is 23.0 Å². The number of anilines is 1. The molecule has 0 unspecified atom stereocenters. The number of hydrogen-bond donors (Lipinski definition) is 2. The smallest absolute Gasteiger partial charge is 0.250 e. The van der Waals surface area contributed by atoms with Crippen LogP contribution in [0.5, 0.6) is 0 Å². The molecule has 0 fully saturated rings. The van der Waals surface area contributed by atoms with E-state index < -0.39 is 5.91 Å². The Bertz CT molecular complexity index is 504. The molecule has 82 valence electrons. The van der Waals surface area contributed by atoms with Crippen LogP contribution in [0.4, 0.5) is 5.69 Å². The van der Waals surface area contributed by atoms with Crippen molar-refractivity contribution in [3.63, 3.8) is 0 Å². The third-order valence-electron chi connectivity index (χ3n) is 2.69. The Labute approximate surface area is 92.9 Å². The van der Waals surface area contributed by atoms with Gasteiger partial charge in [0.05, 0.1) is 11.3 Å². The third kappa shape index (κ3) is 1.69. The fourth-order valence-electron chi connectivity index (χ4n) is 1.87. The second-order valence-corrected chi connectivity index (χ2v) is 3.77. The van der Waals surface area contributed by atoms with Gasteiger partial charge in [-0.25, -0.2) is 0 Å². The highest BCUT2D eigenvalue weighted by Gasteiger charge is 2.17. The van der Waals surface area contributed by atoms with Crippen molar-refractivity contribution in [1.29, 1.82) is 0 Å². The lowest BCUT2D eigenvalue weighted by molar-refractivity contribution is -0.114. The van der Waals surface area contributed by atoms with E-state index in [1.165, 1.54) is 0 Å². The van der Waals surface area contributed by atoms with Gasteiger partial charge in [-0.2, -0.15) is 0 Å². The van der Waals surface area contributed by atoms with E-state index in [1.54, 1.807) is 24.3 Å². The van der Waals surface area contributed by atoms with Crippen molar-refractivity contribution < 1.29 is 9.59 Å². The van der Waals surface area contributed by atoms with Crippen molar-refractivity contribution in [3.8, 4) is 0 Å². The maximum absolute atomic E-state index is 11.1. The molecule has 16 heavy (non-hydrogen) atoms. The largest absolute Gasteiger partial charge is 0.398 e. The van der Waals surface area contributed by atoms with Crippen LogP contribution in [-0.2, 0) is 4.79 Å². The minimum absolute atomic E-state index is 0.0962. The quantitative estimate of drug-likeness (QED) is 0.726. The first kappa shape index (κ1) is 10.4. The summed E-state index contributed by atoms with van der Waals surface area (Å²) in [6, 6.07) is 5.10. The Balaban J connectivity index is 2.50. The normalized spacial score (nSPS) is 15.0. The predicted molar refractivity (Wildman–Crippen MR) is 61.6 cm³/mol. The number of carbonyl (C=O) groups is 2. The highest BCUT2D eigenvalue weighted by Crippen LogP contribution is 2.31. The summed E-state index contributed by atoms with van der Waals surface area (Å²) in [5.41, 5.74) is 13.3. The number of ketones is 1. The zero-order valence-electron chi connectivity index (χ0n) is 8.69. The Kier molecular flexibility index (Phi) is 2.48. The van der Waals surface area contributed by atoms with Gasteiger partial charge in [0, 0.05) is 12.0 Å². The van der Waals surface area contributed by atoms with E-state index in [0.29, 0.717) is 24.1 Å². The molecule has 1 amide bonds. The van der Waals surface area contributed by atoms with E-state index in [1.807, 2.05) is 0 Å². The van der Waals surface area contributed by atoms with Crippen LogP contribution in [0.15, 0.2) is 24.3 Å². The van der Waals surface area contributed by atoms with Gasteiger partial charge in [0.2, 0.25) is 0 Å². The summed E-state index contributed by atoms with van der Waals surface area (Å²) in [5, 5.41) is 0. The van der Waals surface area contributed by atoms with Gasteiger partial charge in [0.25, 0.3) is 5.91 Å². The van der Waals surface area contributed by atoms with Gasteiger partial charge >= 0.3 is 0 Å². The zero-order chi connectivity index (χ0) is 11.7. The number of rotatable bonds is 2. The molecule has 1 aliphatic carbocycles. The van der Waals surface area contributed by atoms with Crippen molar-refractivity contribution in [1.82, 2.24) is 0 Å². The van der Waals surface area contributed by atoms with E-state index >= 15 is 0 Å². The maximum Gasteiger partial charge on any atom is 0.250 e. The minimum Gasteiger partial charge on any atom is -0.398 e.